The highest BCUT2D eigenvalue weighted by Gasteiger charge is 1.45. The molecule has 6 N–H and O–H groups in total. The standard InChI is InChI=1S/H3N.2H3O4P.H2O/c;2*1-5(2,3)4;/h1H3;2*(H3,1,2,3,4);1H2/p-5. The summed E-state index contributed by atoms with van der Waals surface area (Å²) in [7, 11) is -10.8. The first kappa shape index (κ1) is 22.7. The molecule has 0 bridgehead atoms. The molecule has 0 amide bonds. The molecule has 0 aliphatic heterocycles. The van der Waals surface area contributed by atoms with Gasteiger partial charge in [0, 0.05) is 0 Å². The van der Waals surface area contributed by atoms with Crippen LogP contribution in [0.5, 0.6) is 0 Å². The van der Waals surface area contributed by atoms with Crippen LogP contribution in [0.4, 0.5) is 0 Å². The van der Waals surface area contributed by atoms with Crippen LogP contribution < -0.4 is 35.5 Å². The summed E-state index contributed by atoms with van der Waals surface area (Å²) in [6.07, 6.45) is 0. The highest BCUT2D eigenvalue weighted by molar-refractivity contribution is 7.40. The molecule has 10 nitrogen and oxygen atoms in total. The average molecular weight is 226 g/mol. The van der Waals surface area contributed by atoms with E-state index >= 15 is 0 Å². The molecule has 0 radical (unpaired) electrons. The summed E-state index contributed by atoms with van der Waals surface area (Å²) >= 11 is 0. The van der Waals surface area contributed by atoms with Gasteiger partial charge in [-0.2, -0.15) is 15.6 Å². The highest BCUT2D eigenvalue weighted by Crippen LogP contribution is 2.03. The van der Waals surface area contributed by atoms with E-state index in [4.69, 9.17) is 38.5 Å². The summed E-state index contributed by atoms with van der Waals surface area (Å²) in [5.41, 5.74) is 0. The molecule has 0 aromatic carbocycles. The third kappa shape index (κ3) is 43200. The SMILES string of the molecule is O.O=P([O-])([O-])[O-].O=P([O-])([O-])[O-].[NH4+]. The van der Waals surface area contributed by atoms with Gasteiger partial charge in [0.1, 0.15) is 0 Å². The molecule has 0 aromatic rings. The average Bonchev–Trinajstić information content (AvgIpc) is 1.12. The number of hydrogen-bond donors (Lipinski definition) is 1. The van der Waals surface area contributed by atoms with E-state index in [2.05, 4.69) is 0 Å². The summed E-state index contributed by atoms with van der Waals surface area (Å²) in [5, 5.41) is 0. The Kier molecular flexibility index (Phi) is 14.7. The molecule has 0 saturated carbocycles. The minimum atomic E-state index is -5.39. The van der Waals surface area contributed by atoms with Gasteiger partial charge in [0.15, 0.2) is 0 Å². The molecule has 0 aromatic heterocycles. The Morgan fingerprint density at radius 3 is 0.667 bits per heavy atom. The third-order valence-corrected chi connectivity index (χ3v) is 0. The minimum Gasteiger partial charge on any atom is -0.822 e. The van der Waals surface area contributed by atoms with Gasteiger partial charge in [-0.15, -0.1) is 0 Å². The molecule has 0 aliphatic rings. The van der Waals surface area contributed by atoms with Crippen molar-refractivity contribution in [2.45, 2.75) is 0 Å². The van der Waals surface area contributed by atoms with Crippen molar-refractivity contribution < 1.29 is 44.0 Å². The second-order valence-corrected chi connectivity index (χ2v) is 2.68. The molecule has 80 valence electrons. The van der Waals surface area contributed by atoms with Crippen molar-refractivity contribution in [2.24, 2.45) is 0 Å². The largest absolute Gasteiger partial charge is 0.822 e. The van der Waals surface area contributed by atoms with Gasteiger partial charge in [0.2, 0.25) is 0 Å². The lowest BCUT2D eigenvalue weighted by Crippen LogP contribution is -2.24. The van der Waals surface area contributed by atoms with Gasteiger partial charge >= 0.3 is 0 Å². The molecular formula is H6NO9P2-5. The molecule has 0 spiro atoms. The zero-order chi connectivity index (χ0) is 9.00. The fourth-order valence-corrected chi connectivity index (χ4v) is 0. The summed E-state index contributed by atoms with van der Waals surface area (Å²) in [4.78, 5) is 51.3. The smallest absolute Gasteiger partial charge is 0.159 e. The normalized spacial score (nSPS) is 9.83. The molecule has 0 fully saturated rings. The topological polar surface area (TPSA) is 240 Å². The summed E-state index contributed by atoms with van der Waals surface area (Å²) in [6, 6.07) is 0. The molecule has 12 heteroatoms. The number of quaternary nitrogens is 1. The molecule has 0 heterocycles. The van der Waals surface area contributed by atoms with E-state index in [1.165, 1.54) is 0 Å². The number of rotatable bonds is 0. The van der Waals surface area contributed by atoms with Crippen molar-refractivity contribution in [2.75, 3.05) is 0 Å². The van der Waals surface area contributed by atoms with Crippen molar-refractivity contribution in [1.29, 1.82) is 0 Å². The van der Waals surface area contributed by atoms with Crippen LogP contribution in [0.3, 0.4) is 0 Å². The van der Waals surface area contributed by atoms with E-state index in [1.807, 2.05) is 0 Å². The maximum absolute atomic E-state index is 8.55. The first-order chi connectivity index (χ1) is 4.00. The van der Waals surface area contributed by atoms with Gasteiger partial charge in [-0.1, -0.05) is 0 Å². The minimum absolute atomic E-state index is 0. The molecule has 0 rings (SSSR count). The Bertz CT molecular complexity index is 125. The van der Waals surface area contributed by atoms with Gasteiger partial charge in [-0.05, 0) is 0 Å². The molecule has 0 aliphatic carbocycles. The Balaban J connectivity index is -0.0000000457. The van der Waals surface area contributed by atoms with E-state index < -0.39 is 15.6 Å². The van der Waals surface area contributed by atoms with E-state index in [-0.39, 0.29) is 11.6 Å². The Morgan fingerprint density at radius 2 is 0.667 bits per heavy atom. The summed E-state index contributed by atoms with van der Waals surface area (Å²) < 4.78 is 17.1. The van der Waals surface area contributed by atoms with Gasteiger partial charge in [-0.3, -0.25) is 0 Å². The summed E-state index contributed by atoms with van der Waals surface area (Å²) in [5.74, 6) is 0. The fourth-order valence-electron chi connectivity index (χ4n) is 0. The van der Waals surface area contributed by atoms with E-state index in [0.29, 0.717) is 0 Å². The van der Waals surface area contributed by atoms with Crippen molar-refractivity contribution in [3.05, 3.63) is 0 Å². The maximum Gasteiger partial charge on any atom is -0.159 e. The van der Waals surface area contributed by atoms with Crippen LogP contribution in [0, 0.1) is 0 Å². The first-order valence-electron chi connectivity index (χ1n) is 1.46. The maximum atomic E-state index is 8.55. The lowest BCUT2D eigenvalue weighted by atomic mass is 14.0. The Hall–Kier alpha value is 0.140. The number of phosphoric acid groups is 2. The lowest BCUT2D eigenvalue weighted by Gasteiger charge is -2.36. The van der Waals surface area contributed by atoms with Crippen LogP contribution in [0.2, 0.25) is 0 Å². The zero-order valence-electron chi connectivity index (χ0n) is 5.66. The predicted molar refractivity (Wildman–Crippen MR) is 24.8 cm³/mol. The molecular weight excluding hydrogens is 220 g/mol. The fraction of sp³-hybridized carbons (Fsp3) is 0. The quantitative estimate of drug-likeness (QED) is 0.388. The second-order valence-electron chi connectivity index (χ2n) is 0.894. The lowest BCUT2D eigenvalue weighted by molar-refractivity contribution is -0.434. The van der Waals surface area contributed by atoms with E-state index in [9.17, 15) is 0 Å². The summed E-state index contributed by atoms with van der Waals surface area (Å²) in [6.45, 7) is 0. The molecule has 0 saturated heterocycles. The number of hydrogen-bond acceptors (Lipinski definition) is 8. The van der Waals surface area contributed by atoms with Gasteiger partial charge in [-0.25, -0.2) is 0 Å². The van der Waals surface area contributed by atoms with Gasteiger partial charge in [0.25, 0.3) is 0 Å². The van der Waals surface area contributed by atoms with Crippen molar-refractivity contribution >= 4 is 15.6 Å². The van der Waals surface area contributed by atoms with Crippen LogP contribution in [-0.4, -0.2) is 5.48 Å². The second kappa shape index (κ2) is 7.77. The van der Waals surface area contributed by atoms with Gasteiger partial charge in [0.05, 0.1) is 0 Å². The van der Waals surface area contributed by atoms with Gasteiger partial charge < -0.3 is 50.1 Å². The monoisotopic (exact) mass is 226 g/mol. The third-order valence-electron chi connectivity index (χ3n) is 0. The van der Waals surface area contributed by atoms with Crippen molar-refractivity contribution in [3.8, 4) is 0 Å². The van der Waals surface area contributed by atoms with Crippen molar-refractivity contribution in [3.63, 3.8) is 0 Å². The Morgan fingerprint density at radius 1 is 0.667 bits per heavy atom. The van der Waals surface area contributed by atoms with Crippen molar-refractivity contribution in [1.82, 2.24) is 6.15 Å². The van der Waals surface area contributed by atoms with Crippen LogP contribution in [0.25, 0.3) is 0 Å². The van der Waals surface area contributed by atoms with Crippen LogP contribution >= 0.6 is 15.6 Å². The van der Waals surface area contributed by atoms with Crippen LogP contribution in [-0.2, 0) is 9.13 Å². The van der Waals surface area contributed by atoms with E-state index in [1.54, 1.807) is 0 Å². The zero-order valence-corrected chi connectivity index (χ0v) is 7.45. The van der Waals surface area contributed by atoms with Crippen LogP contribution in [0.1, 0.15) is 0 Å². The Labute approximate surface area is 66.9 Å². The highest BCUT2D eigenvalue weighted by atomic mass is 31.2. The van der Waals surface area contributed by atoms with E-state index in [0.717, 1.165) is 0 Å². The molecule has 0 atom stereocenters. The first-order valence-corrected chi connectivity index (χ1v) is 4.38. The predicted octanol–water partition coefficient (Wildman–Crippen LogP) is -6.10. The molecule has 0 unspecified atom stereocenters. The van der Waals surface area contributed by atoms with Crippen LogP contribution in [0.15, 0.2) is 0 Å². The molecule has 12 heavy (non-hydrogen) atoms.